The maximum Gasteiger partial charge on any atom is 0.310 e. The predicted molar refractivity (Wildman–Crippen MR) is 184 cm³/mol. The number of para-hydroxylation sites is 1. The Hall–Kier alpha value is -3.22. The standard InChI is InChI=1S/C40H48N4O2/c1-5-23-17-26-12-14-35-40(15-16-44(21-23)38(26)40)31-13-11-25(18-33(31)41-35)29-19-28-24(6-2)22-43(3)34(36(28)39(45)46-4)20-30-27-9-7-8-10-32(27)42-37(29)30/h6-11,13,18,23,26,28-29,34,36,38,42H,5,12,14-17,19-22H2,1-4H3. The summed E-state index contributed by atoms with van der Waals surface area (Å²) in [7, 11) is 3.73. The van der Waals surface area contributed by atoms with E-state index in [9.17, 15) is 4.79 Å². The van der Waals surface area contributed by atoms with Gasteiger partial charge < -0.3 is 9.72 Å². The molecule has 6 nitrogen and oxygen atoms in total. The number of aliphatic imine (C=N–C) groups is 1. The summed E-state index contributed by atoms with van der Waals surface area (Å²) in [6.45, 7) is 7.88. The molecule has 5 heterocycles. The highest BCUT2D eigenvalue weighted by Gasteiger charge is 2.61. The van der Waals surface area contributed by atoms with E-state index in [2.05, 4.69) is 84.2 Å². The fourth-order valence-corrected chi connectivity index (χ4v) is 11.5. The van der Waals surface area contributed by atoms with Gasteiger partial charge in [-0.2, -0.15) is 0 Å². The van der Waals surface area contributed by atoms with Crippen molar-refractivity contribution in [1.29, 1.82) is 0 Å². The summed E-state index contributed by atoms with van der Waals surface area (Å²) in [6.07, 6.45) is 10.3. The number of carbonyl (C=O) groups is 1. The molecule has 8 unspecified atom stereocenters. The van der Waals surface area contributed by atoms with Gasteiger partial charge in [-0.25, -0.2) is 0 Å². The van der Waals surface area contributed by atoms with Crippen molar-refractivity contribution in [2.75, 3.05) is 33.8 Å². The lowest BCUT2D eigenvalue weighted by molar-refractivity contribution is -0.151. The molecule has 0 radical (unpaired) electrons. The third-order valence-corrected chi connectivity index (χ3v) is 13.5. The van der Waals surface area contributed by atoms with Crippen molar-refractivity contribution in [2.45, 2.75) is 82.2 Å². The van der Waals surface area contributed by atoms with E-state index in [4.69, 9.17) is 9.73 Å². The van der Waals surface area contributed by atoms with Crippen LogP contribution in [0.15, 0.2) is 59.1 Å². The van der Waals surface area contributed by atoms with Crippen LogP contribution in [0.3, 0.4) is 0 Å². The van der Waals surface area contributed by atoms with E-state index in [0.717, 1.165) is 37.6 Å². The zero-order chi connectivity index (χ0) is 31.3. The van der Waals surface area contributed by atoms with Crippen molar-refractivity contribution in [2.24, 2.45) is 28.7 Å². The molecule has 6 aliphatic rings. The summed E-state index contributed by atoms with van der Waals surface area (Å²) < 4.78 is 5.54. The molecule has 46 heavy (non-hydrogen) atoms. The second-order valence-corrected chi connectivity index (χ2v) is 15.4. The Balaban J connectivity index is 1.18. The Bertz CT molecular complexity index is 1790. The van der Waals surface area contributed by atoms with Crippen LogP contribution < -0.4 is 0 Å². The van der Waals surface area contributed by atoms with Crippen molar-refractivity contribution in [1.82, 2.24) is 14.8 Å². The lowest BCUT2D eigenvalue weighted by atomic mass is 9.59. The number of rotatable bonds is 3. The number of aromatic amines is 1. The van der Waals surface area contributed by atoms with Gasteiger partial charge in [0.05, 0.1) is 24.1 Å². The van der Waals surface area contributed by atoms with Crippen molar-refractivity contribution in [3.63, 3.8) is 0 Å². The minimum atomic E-state index is -0.199. The predicted octanol–water partition coefficient (Wildman–Crippen LogP) is 7.15. The molecule has 2 aromatic carbocycles. The molecule has 4 fully saturated rings. The van der Waals surface area contributed by atoms with Crippen LogP contribution in [-0.2, 0) is 21.4 Å². The Morgan fingerprint density at radius 3 is 2.89 bits per heavy atom. The largest absolute Gasteiger partial charge is 0.469 e. The first-order valence-electron chi connectivity index (χ1n) is 17.9. The fourth-order valence-electron chi connectivity index (χ4n) is 11.5. The maximum absolute atomic E-state index is 13.6. The first-order chi connectivity index (χ1) is 22.4. The molecule has 8 atom stereocenters. The number of ether oxygens (including phenoxy) is 1. The second kappa shape index (κ2) is 10.6. The summed E-state index contributed by atoms with van der Waals surface area (Å²) in [5, 5.41) is 1.28. The number of hydrogen-bond donors (Lipinski definition) is 1. The molecule has 3 aromatic rings. The van der Waals surface area contributed by atoms with Crippen LogP contribution in [-0.4, -0.2) is 72.3 Å². The molecule has 3 saturated heterocycles. The van der Waals surface area contributed by atoms with E-state index < -0.39 is 0 Å². The minimum absolute atomic E-state index is 0.0791. The number of aromatic nitrogens is 1. The number of allylic oxidation sites excluding steroid dienone is 1. The average Bonchev–Trinajstić information content (AvgIpc) is 3.75. The van der Waals surface area contributed by atoms with E-state index in [1.54, 1.807) is 7.11 Å². The molecule has 1 spiro atoms. The molecule has 240 valence electrons. The highest BCUT2D eigenvalue weighted by atomic mass is 16.5. The summed E-state index contributed by atoms with van der Waals surface area (Å²) in [5.41, 5.74) is 10.8. The van der Waals surface area contributed by atoms with Gasteiger partial charge in [-0.15, -0.1) is 0 Å². The maximum atomic E-state index is 13.6. The molecule has 0 amide bonds. The van der Waals surface area contributed by atoms with Gasteiger partial charge in [0.2, 0.25) is 0 Å². The Morgan fingerprint density at radius 2 is 2.07 bits per heavy atom. The van der Waals surface area contributed by atoms with Crippen LogP contribution in [0.5, 0.6) is 0 Å². The number of nitrogens with zero attached hydrogens (tertiary/aromatic N) is 3. The monoisotopic (exact) mass is 616 g/mol. The van der Waals surface area contributed by atoms with Crippen LogP contribution in [0.4, 0.5) is 5.69 Å². The number of likely N-dealkylation sites (tertiary alicyclic amines) is 1. The lowest BCUT2D eigenvalue weighted by Crippen LogP contribution is -2.57. The zero-order valence-electron chi connectivity index (χ0n) is 27.9. The number of methoxy groups -OCH3 is 1. The summed E-state index contributed by atoms with van der Waals surface area (Å²) in [4.78, 5) is 28.3. The summed E-state index contributed by atoms with van der Waals surface area (Å²) in [5.74, 6) is 1.62. The number of likely N-dealkylation sites (N-methyl/N-ethyl adjacent to an activating group) is 1. The molecule has 1 saturated carbocycles. The number of esters is 1. The number of benzene rings is 2. The van der Waals surface area contributed by atoms with Crippen LogP contribution >= 0.6 is 0 Å². The van der Waals surface area contributed by atoms with Crippen LogP contribution in [0.1, 0.15) is 80.7 Å². The molecule has 4 aliphatic heterocycles. The SMILES string of the molecule is CC=C1CN(C)C2Cc3c([nH]c4ccccc34)C(c3ccc4c(c3)N=C3CCC5CC(CC)CN6CCC34C56)CC1C2C(=O)OC. The molecule has 2 bridgehead atoms. The summed E-state index contributed by atoms with van der Waals surface area (Å²) >= 11 is 0. The van der Waals surface area contributed by atoms with Crippen LogP contribution in [0.25, 0.3) is 10.9 Å². The van der Waals surface area contributed by atoms with E-state index >= 15 is 0 Å². The highest BCUT2D eigenvalue weighted by molar-refractivity contribution is 6.04. The number of H-pyrrole nitrogens is 1. The Labute approximate surface area is 273 Å². The molecule has 2 aliphatic carbocycles. The van der Waals surface area contributed by atoms with Gasteiger partial charge in [0, 0.05) is 53.4 Å². The quantitative estimate of drug-likeness (QED) is 0.251. The van der Waals surface area contributed by atoms with Gasteiger partial charge in [0.15, 0.2) is 0 Å². The second-order valence-electron chi connectivity index (χ2n) is 15.4. The third kappa shape index (κ3) is 3.95. The number of fused-ring (bicyclic) bond motifs is 6. The Kier molecular flexibility index (Phi) is 6.70. The number of piperidine rings is 2. The summed E-state index contributed by atoms with van der Waals surface area (Å²) in [6, 6.07) is 16.8. The van der Waals surface area contributed by atoms with E-state index in [-0.39, 0.29) is 35.2 Å². The van der Waals surface area contributed by atoms with Gasteiger partial charge in [0.1, 0.15) is 0 Å². The van der Waals surface area contributed by atoms with Crippen molar-refractivity contribution < 1.29 is 9.53 Å². The minimum Gasteiger partial charge on any atom is -0.469 e. The molecule has 1 aromatic heterocycles. The van der Waals surface area contributed by atoms with E-state index in [1.807, 2.05) is 0 Å². The molecular weight excluding hydrogens is 568 g/mol. The van der Waals surface area contributed by atoms with Gasteiger partial charge in [-0.05, 0) is 106 Å². The van der Waals surface area contributed by atoms with Crippen molar-refractivity contribution in [3.05, 3.63) is 76.5 Å². The van der Waals surface area contributed by atoms with Gasteiger partial charge in [-0.3, -0.25) is 19.6 Å². The lowest BCUT2D eigenvalue weighted by Gasteiger charge is -2.50. The molecule has 6 heteroatoms. The molecule has 1 N–H and O–H groups in total. The van der Waals surface area contributed by atoms with Crippen LogP contribution in [0.2, 0.25) is 0 Å². The Morgan fingerprint density at radius 1 is 1.20 bits per heavy atom. The first-order valence-corrected chi connectivity index (χ1v) is 17.9. The van der Waals surface area contributed by atoms with E-state index in [0.29, 0.717) is 6.04 Å². The fraction of sp³-hybridized carbons (Fsp3) is 0.550. The van der Waals surface area contributed by atoms with Crippen molar-refractivity contribution >= 4 is 28.3 Å². The van der Waals surface area contributed by atoms with Gasteiger partial charge in [0.25, 0.3) is 0 Å². The zero-order valence-corrected chi connectivity index (χ0v) is 27.9. The van der Waals surface area contributed by atoms with Crippen LogP contribution in [0, 0.1) is 23.7 Å². The number of carbonyl (C=O) groups excluding carboxylic acids is 1. The van der Waals surface area contributed by atoms with Gasteiger partial charge >= 0.3 is 5.97 Å². The smallest absolute Gasteiger partial charge is 0.310 e. The average molecular weight is 617 g/mol. The first kappa shape index (κ1) is 29.0. The highest BCUT2D eigenvalue weighted by Crippen LogP contribution is 2.59. The number of hydrogen-bond acceptors (Lipinski definition) is 5. The molecular formula is C40H48N4O2. The van der Waals surface area contributed by atoms with Gasteiger partial charge in [-0.1, -0.05) is 55.3 Å². The number of nitrogens with one attached hydrogen (secondary N) is 1. The third-order valence-electron chi connectivity index (χ3n) is 13.5. The normalized spacial score (nSPS) is 36.0. The molecule has 9 rings (SSSR count). The van der Waals surface area contributed by atoms with Crippen molar-refractivity contribution in [3.8, 4) is 0 Å². The van der Waals surface area contributed by atoms with E-state index in [1.165, 1.54) is 89.0 Å². The topological polar surface area (TPSA) is 60.9 Å².